The quantitative estimate of drug-likeness (QED) is 0.623. The van der Waals surface area contributed by atoms with Gasteiger partial charge < -0.3 is 15.5 Å². The molecule has 1 fully saturated rings. The lowest BCUT2D eigenvalue weighted by molar-refractivity contribution is -0.142. The third kappa shape index (κ3) is 5.10. The monoisotopic (exact) mass is 360 g/mol. The number of halogens is 3. The number of rotatable bonds is 4. The number of hydrogen-bond donors (Lipinski definition) is 2. The van der Waals surface area contributed by atoms with Crippen LogP contribution in [0.1, 0.15) is 31.0 Å². The molecule has 1 atom stereocenters. The molecular weight excluding hydrogens is 337 g/mol. The molecule has 1 aromatic heterocycles. The van der Waals surface area contributed by atoms with Crippen molar-refractivity contribution >= 4 is 11.9 Å². The predicted molar refractivity (Wildman–Crippen MR) is 86.8 cm³/mol. The SMILES string of the molecule is CCNC(=NCc1cn(C)nc1C(F)(F)F)NC1CCC(=O)N(C)C1. The number of likely N-dealkylation sites (N-methyl/N-ethyl adjacent to an activating group) is 1. The lowest BCUT2D eigenvalue weighted by atomic mass is 10.1. The molecule has 1 aromatic rings. The molecule has 25 heavy (non-hydrogen) atoms. The van der Waals surface area contributed by atoms with E-state index in [2.05, 4.69) is 20.7 Å². The summed E-state index contributed by atoms with van der Waals surface area (Å²) in [5, 5.41) is 9.68. The number of likely N-dealkylation sites (tertiary alicyclic amines) is 1. The van der Waals surface area contributed by atoms with Crippen LogP contribution in [0.3, 0.4) is 0 Å². The van der Waals surface area contributed by atoms with Crippen molar-refractivity contribution in [1.82, 2.24) is 25.3 Å². The van der Waals surface area contributed by atoms with Crippen LogP contribution in [0.4, 0.5) is 13.2 Å². The number of carbonyl (C=O) groups is 1. The lowest BCUT2D eigenvalue weighted by Gasteiger charge is -2.31. The van der Waals surface area contributed by atoms with Crippen LogP contribution in [0.2, 0.25) is 0 Å². The number of nitrogens with zero attached hydrogens (tertiary/aromatic N) is 4. The first kappa shape index (κ1) is 19.1. The van der Waals surface area contributed by atoms with Crippen LogP contribution in [0.15, 0.2) is 11.2 Å². The zero-order valence-electron chi connectivity index (χ0n) is 14.5. The number of piperidine rings is 1. The van der Waals surface area contributed by atoms with Crippen LogP contribution in [-0.4, -0.2) is 52.7 Å². The van der Waals surface area contributed by atoms with Crippen LogP contribution in [-0.2, 0) is 24.6 Å². The van der Waals surface area contributed by atoms with E-state index in [1.54, 1.807) is 11.9 Å². The maximum atomic E-state index is 13.0. The molecule has 7 nitrogen and oxygen atoms in total. The Morgan fingerprint density at radius 3 is 2.76 bits per heavy atom. The Hall–Kier alpha value is -2.26. The Morgan fingerprint density at radius 2 is 2.16 bits per heavy atom. The van der Waals surface area contributed by atoms with Crippen LogP contribution < -0.4 is 10.6 Å². The van der Waals surface area contributed by atoms with E-state index >= 15 is 0 Å². The summed E-state index contributed by atoms with van der Waals surface area (Å²) < 4.78 is 40.1. The van der Waals surface area contributed by atoms with Crippen molar-refractivity contribution in [2.45, 2.75) is 38.5 Å². The number of aromatic nitrogens is 2. The number of aryl methyl sites for hydroxylation is 1. The van der Waals surface area contributed by atoms with Gasteiger partial charge in [-0.05, 0) is 13.3 Å². The van der Waals surface area contributed by atoms with Gasteiger partial charge in [0.15, 0.2) is 11.7 Å². The summed E-state index contributed by atoms with van der Waals surface area (Å²) in [4.78, 5) is 17.4. The minimum atomic E-state index is -4.51. The van der Waals surface area contributed by atoms with Crippen molar-refractivity contribution in [2.75, 3.05) is 20.1 Å². The van der Waals surface area contributed by atoms with E-state index in [4.69, 9.17) is 0 Å². The molecule has 1 aliphatic rings. The first-order chi connectivity index (χ1) is 11.7. The summed E-state index contributed by atoms with van der Waals surface area (Å²) in [6.45, 7) is 2.84. The second-order valence-corrected chi connectivity index (χ2v) is 6.02. The van der Waals surface area contributed by atoms with E-state index in [9.17, 15) is 18.0 Å². The molecule has 0 saturated carbocycles. The summed E-state index contributed by atoms with van der Waals surface area (Å²) in [5.41, 5.74) is -0.902. The van der Waals surface area contributed by atoms with Crippen LogP contribution in [0, 0.1) is 0 Å². The van der Waals surface area contributed by atoms with Gasteiger partial charge in [-0.3, -0.25) is 9.48 Å². The number of nitrogens with one attached hydrogen (secondary N) is 2. The molecule has 0 spiro atoms. The third-order valence-electron chi connectivity index (χ3n) is 3.89. The van der Waals surface area contributed by atoms with Crippen molar-refractivity contribution in [3.63, 3.8) is 0 Å². The highest BCUT2D eigenvalue weighted by molar-refractivity contribution is 5.81. The number of amides is 1. The Morgan fingerprint density at radius 1 is 1.44 bits per heavy atom. The third-order valence-corrected chi connectivity index (χ3v) is 3.89. The molecule has 0 bridgehead atoms. The molecule has 140 valence electrons. The van der Waals surface area contributed by atoms with Crippen LogP contribution in [0.5, 0.6) is 0 Å². The van der Waals surface area contributed by atoms with E-state index in [1.807, 2.05) is 6.92 Å². The summed E-state index contributed by atoms with van der Waals surface area (Å²) in [7, 11) is 3.17. The summed E-state index contributed by atoms with van der Waals surface area (Å²) in [6, 6.07) is 0.0106. The predicted octanol–water partition coefficient (Wildman–Crippen LogP) is 1.11. The molecule has 2 rings (SSSR count). The smallest absolute Gasteiger partial charge is 0.357 e. The standard InChI is InChI=1S/C15H23F3N6O/c1-4-19-14(21-11-5-6-12(25)23(2)9-11)20-7-10-8-24(3)22-13(10)15(16,17)18/h8,11H,4-7,9H2,1-3H3,(H2,19,20,21). The molecule has 1 amide bonds. The van der Waals surface area contributed by atoms with E-state index in [0.29, 0.717) is 31.9 Å². The van der Waals surface area contributed by atoms with E-state index in [-0.39, 0.29) is 24.1 Å². The van der Waals surface area contributed by atoms with Gasteiger partial charge >= 0.3 is 6.18 Å². The van der Waals surface area contributed by atoms with Crippen molar-refractivity contribution in [3.05, 3.63) is 17.5 Å². The first-order valence-electron chi connectivity index (χ1n) is 8.09. The number of carbonyl (C=O) groups excluding carboxylic acids is 1. The normalized spacial score (nSPS) is 19.3. The number of aliphatic imine (C=N–C) groups is 1. The fraction of sp³-hybridized carbons (Fsp3) is 0.667. The van der Waals surface area contributed by atoms with Crippen LogP contribution in [0.25, 0.3) is 0 Å². The molecule has 0 radical (unpaired) electrons. The molecule has 1 saturated heterocycles. The highest BCUT2D eigenvalue weighted by Crippen LogP contribution is 2.30. The van der Waals surface area contributed by atoms with Crippen LogP contribution >= 0.6 is 0 Å². The minimum Gasteiger partial charge on any atom is -0.357 e. The van der Waals surface area contributed by atoms with E-state index in [1.165, 1.54) is 13.2 Å². The van der Waals surface area contributed by atoms with E-state index in [0.717, 1.165) is 4.68 Å². The van der Waals surface area contributed by atoms with Gasteiger partial charge in [0.1, 0.15) is 0 Å². The second kappa shape index (κ2) is 7.75. The lowest BCUT2D eigenvalue weighted by Crippen LogP contribution is -2.51. The average Bonchev–Trinajstić information content (AvgIpc) is 2.90. The molecule has 2 N–H and O–H groups in total. The average molecular weight is 360 g/mol. The Balaban J connectivity index is 2.09. The van der Waals surface area contributed by atoms with E-state index < -0.39 is 11.9 Å². The van der Waals surface area contributed by atoms with Gasteiger partial charge in [-0.2, -0.15) is 18.3 Å². The summed E-state index contributed by atoms with van der Waals surface area (Å²) >= 11 is 0. The maximum absolute atomic E-state index is 13.0. The van der Waals surface area contributed by atoms with Crippen molar-refractivity contribution < 1.29 is 18.0 Å². The van der Waals surface area contributed by atoms with Crippen molar-refractivity contribution in [3.8, 4) is 0 Å². The number of guanidine groups is 1. The number of alkyl halides is 3. The fourth-order valence-electron chi connectivity index (χ4n) is 2.70. The fourth-order valence-corrected chi connectivity index (χ4v) is 2.70. The number of hydrogen-bond acceptors (Lipinski definition) is 3. The Kier molecular flexibility index (Phi) is 5.91. The van der Waals surface area contributed by atoms with Crippen molar-refractivity contribution in [2.24, 2.45) is 12.0 Å². The molecule has 10 heteroatoms. The molecule has 2 heterocycles. The molecule has 0 aromatic carbocycles. The highest BCUT2D eigenvalue weighted by atomic mass is 19.4. The summed E-state index contributed by atoms with van der Waals surface area (Å²) in [5.74, 6) is 0.511. The van der Waals surface area contributed by atoms with Gasteiger partial charge in [0.25, 0.3) is 0 Å². The van der Waals surface area contributed by atoms with Gasteiger partial charge in [0.2, 0.25) is 5.91 Å². The molecule has 0 aliphatic carbocycles. The topological polar surface area (TPSA) is 74.5 Å². The zero-order valence-corrected chi connectivity index (χ0v) is 14.5. The van der Waals surface area contributed by atoms with Gasteiger partial charge in [0, 0.05) is 51.4 Å². The van der Waals surface area contributed by atoms with Gasteiger partial charge in [-0.1, -0.05) is 0 Å². The molecule has 1 aliphatic heterocycles. The van der Waals surface area contributed by atoms with Crippen molar-refractivity contribution in [1.29, 1.82) is 0 Å². The first-order valence-corrected chi connectivity index (χ1v) is 8.09. The minimum absolute atomic E-state index is 0.0106. The van der Waals surface area contributed by atoms with Gasteiger partial charge in [0.05, 0.1) is 6.54 Å². The molecule has 1 unspecified atom stereocenters. The highest BCUT2D eigenvalue weighted by Gasteiger charge is 2.36. The van der Waals surface area contributed by atoms with Gasteiger partial charge in [-0.25, -0.2) is 4.99 Å². The summed E-state index contributed by atoms with van der Waals surface area (Å²) in [6.07, 6.45) is -2.09. The Labute approximate surface area is 144 Å². The largest absolute Gasteiger partial charge is 0.435 e. The zero-order chi connectivity index (χ0) is 18.6. The Bertz CT molecular complexity index is 640. The molecular formula is C15H23F3N6O. The second-order valence-electron chi connectivity index (χ2n) is 6.02. The van der Waals surface area contributed by atoms with Gasteiger partial charge in [-0.15, -0.1) is 0 Å². The maximum Gasteiger partial charge on any atom is 0.435 e.